The minimum atomic E-state index is 0.999. The summed E-state index contributed by atoms with van der Waals surface area (Å²) in [7, 11) is 0. The normalized spacial score (nSPS) is 8.67. The summed E-state index contributed by atoms with van der Waals surface area (Å²) in [5.74, 6) is 0. The Balaban J connectivity index is 0.000000442. The van der Waals surface area contributed by atoms with Gasteiger partial charge in [0.05, 0.1) is 17.4 Å². The van der Waals surface area contributed by atoms with Gasteiger partial charge in [0.2, 0.25) is 0 Å². The third kappa shape index (κ3) is 3.35. The van der Waals surface area contributed by atoms with E-state index in [1.54, 1.807) is 10.8 Å². The Kier molecular flexibility index (Phi) is 6.34. The quantitative estimate of drug-likeness (QED) is 0.662. The van der Waals surface area contributed by atoms with Crippen LogP contribution < -0.4 is 0 Å². The summed E-state index contributed by atoms with van der Waals surface area (Å²) < 4.78 is 1.66. The molecule has 0 fully saturated rings. The molecular weight excluding hydrogens is 186 g/mol. The molecule has 0 radical (unpaired) electrons. The molecule has 0 amide bonds. The smallest absolute Gasteiger partial charge is 0.0902 e. The van der Waals surface area contributed by atoms with Crippen molar-refractivity contribution in [2.45, 2.75) is 41.5 Å². The maximum Gasteiger partial charge on any atom is 0.0902 e. The third-order valence-electron chi connectivity index (χ3n) is 1.71. The van der Waals surface area contributed by atoms with Crippen molar-refractivity contribution in [2.75, 3.05) is 0 Å². The van der Waals surface area contributed by atoms with Crippen LogP contribution in [-0.4, -0.2) is 14.8 Å². The molecule has 2 aromatic heterocycles. The van der Waals surface area contributed by atoms with Crippen molar-refractivity contribution in [3.05, 3.63) is 29.6 Å². The maximum absolute atomic E-state index is 4.20. The van der Waals surface area contributed by atoms with Gasteiger partial charge in [0.1, 0.15) is 0 Å². The van der Waals surface area contributed by atoms with Gasteiger partial charge < -0.3 is 0 Å². The van der Waals surface area contributed by atoms with Gasteiger partial charge in [0.15, 0.2) is 0 Å². The fraction of sp³-hybridized carbons (Fsp3) is 0.500. The van der Waals surface area contributed by atoms with Crippen LogP contribution in [0.4, 0.5) is 0 Å². The number of hydrogen-bond donors (Lipinski definition) is 0. The van der Waals surface area contributed by atoms with E-state index in [-0.39, 0.29) is 0 Å². The predicted molar refractivity (Wildman–Crippen MR) is 65.2 cm³/mol. The molecule has 2 rings (SSSR count). The van der Waals surface area contributed by atoms with Gasteiger partial charge in [-0.3, -0.25) is 0 Å². The van der Waals surface area contributed by atoms with Gasteiger partial charge in [-0.2, -0.15) is 14.8 Å². The van der Waals surface area contributed by atoms with E-state index < -0.39 is 0 Å². The molecule has 2 aromatic rings. The zero-order valence-electron chi connectivity index (χ0n) is 10.6. The van der Waals surface area contributed by atoms with Crippen LogP contribution in [0.2, 0.25) is 0 Å². The van der Waals surface area contributed by atoms with E-state index in [4.69, 9.17) is 0 Å². The average Bonchev–Trinajstić information content (AvgIpc) is 2.72. The first-order valence-electron chi connectivity index (χ1n) is 5.55. The average molecular weight is 207 g/mol. The fourth-order valence-corrected chi connectivity index (χ4v) is 1.23. The van der Waals surface area contributed by atoms with Crippen LogP contribution in [0, 0.1) is 13.8 Å². The molecule has 0 aliphatic rings. The van der Waals surface area contributed by atoms with E-state index in [0.29, 0.717) is 0 Å². The van der Waals surface area contributed by atoms with Crippen LogP contribution in [0.1, 0.15) is 39.0 Å². The number of nitrogens with zero attached hydrogens (tertiary/aromatic N) is 3. The Labute approximate surface area is 92.1 Å². The van der Waals surface area contributed by atoms with E-state index in [2.05, 4.69) is 23.2 Å². The topological polar surface area (TPSA) is 30.2 Å². The predicted octanol–water partition coefficient (Wildman–Crippen LogP) is 3.40. The third-order valence-corrected chi connectivity index (χ3v) is 1.71. The van der Waals surface area contributed by atoms with Gasteiger partial charge in [-0.25, -0.2) is 0 Å². The van der Waals surface area contributed by atoms with Gasteiger partial charge in [0, 0.05) is 0 Å². The molecule has 84 valence electrons. The van der Waals surface area contributed by atoms with Crippen LogP contribution >= 0.6 is 0 Å². The van der Waals surface area contributed by atoms with Gasteiger partial charge in [-0.15, -0.1) is 0 Å². The summed E-state index contributed by atoms with van der Waals surface area (Å²) in [5.41, 5.74) is 3.30. The number of fused-ring (bicyclic) bond motifs is 1. The zero-order chi connectivity index (χ0) is 11.8. The second-order valence-corrected chi connectivity index (χ2v) is 2.67. The summed E-state index contributed by atoms with van der Waals surface area (Å²) >= 11 is 0. The lowest BCUT2D eigenvalue weighted by atomic mass is 10.2. The minimum absolute atomic E-state index is 0.999. The lowest BCUT2D eigenvalue weighted by molar-refractivity contribution is 0.777. The van der Waals surface area contributed by atoms with Crippen LogP contribution in [-0.2, 0) is 0 Å². The highest BCUT2D eigenvalue weighted by Crippen LogP contribution is 2.07. The molecule has 0 bridgehead atoms. The van der Waals surface area contributed by atoms with Crippen molar-refractivity contribution in [1.82, 2.24) is 14.8 Å². The molecule has 0 aliphatic heterocycles. The second kappa shape index (κ2) is 6.98. The fourth-order valence-electron chi connectivity index (χ4n) is 1.23. The summed E-state index contributed by atoms with van der Waals surface area (Å²) in [5, 5.41) is 8.25. The Morgan fingerprint density at radius 2 is 1.67 bits per heavy atom. The van der Waals surface area contributed by atoms with Gasteiger partial charge in [-0.05, 0) is 31.5 Å². The van der Waals surface area contributed by atoms with Crippen LogP contribution in [0.15, 0.2) is 18.3 Å². The van der Waals surface area contributed by atoms with Crippen molar-refractivity contribution >= 4 is 5.52 Å². The number of aryl methyl sites for hydroxylation is 2. The Morgan fingerprint density at radius 3 is 2.27 bits per heavy atom. The summed E-state index contributed by atoms with van der Waals surface area (Å²) in [6, 6.07) is 4.01. The molecule has 15 heavy (non-hydrogen) atoms. The molecule has 3 heteroatoms. The van der Waals surface area contributed by atoms with E-state index in [1.807, 2.05) is 40.7 Å². The van der Waals surface area contributed by atoms with E-state index in [1.165, 1.54) is 5.56 Å². The first kappa shape index (κ1) is 13.6. The Hall–Kier alpha value is -1.38. The zero-order valence-corrected chi connectivity index (χ0v) is 10.6. The molecule has 0 spiro atoms. The molecular formula is C12H21N3. The SMILES string of the molecule is CC.CC.Cc1cc(C)c2ccnn2n1. The van der Waals surface area contributed by atoms with Crippen molar-refractivity contribution < 1.29 is 0 Å². The Bertz CT molecular complexity index is 391. The van der Waals surface area contributed by atoms with Crippen molar-refractivity contribution in [1.29, 1.82) is 0 Å². The number of hydrogen-bond acceptors (Lipinski definition) is 2. The molecule has 0 N–H and O–H groups in total. The largest absolute Gasteiger partial charge is 0.158 e. The lowest BCUT2D eigenvalue weighted by Gasteiger charge is -1.97. The molecule has 0 atom stereocenters. The summed E-state index contributed by atoms with van der Waals surface area (Å²) in [6.07, 6.45) is 1.76. The van der Waals surface area contributed by atoms with Crippen molar-refractivity contribution in [2.24, 2.45) is 0 Å². The molecule has 3 nitrogen and oxygen atoms in total. The second-order valence-electron chi connectivity index (χ2n) is 2.67. The van der Waals surface area contributed by atoms with Crippen molar-refractivity contribution in [3.63, 3.8) is 0 Å². The van der Waals surface area contributed by atoms with E-state index in [0.717, 1.165) is 11.2 Å². The minimum Gasteiger partial charge on any atom is -0.158 e. The highest BCUT2D eigenvalue weighted by Gasteiger charge is 1.98. The van der Waals surface area contributed by atoms with E-state index in [9.17, 15) is 0 Å². The first-order chi connectivity index (χ1) is 7.27. The highest BCUT2D eigenvalue weighted by molar-refractivity contribution is 5.51. The van der Waals surface area contributed by atoms with Gasteiger partial charge >= 0.3 is 0 Å². The van der Waals surface area contributed by atoms with Gasteiger partial charge in [-0.1, -0.05) is 27.7 Å². The van der Waals surface area contributed by atoms with Gasteiger partial charge in [0.25, 0.3) is 0 Å². The van der Waals surface area contributed by atoms with Crippen molar-refractivity contribution in [3.8, 4) is 0 Å². The highest BCUT2D eigenvalue weighted by atomic mass is 15.4. The van der Waals surface area contributed by atoms with Crippen LogP contribution in [0.25, 0.3) is 5.52 Å². The van der Waals surface area contributed by atoms with Crippen LogP contribution in [0.5, 0.6) is 0 Å². The monoisotopic (exact) mass is 207 g/mol. The molecule has 0 aliphatic carbocycles. The molecule has 0 aromatic carbocycles. The standard InChI is InChI=1S/C8H9N3.2C2H6/c1-6-5-7(2)10-11-8(6)3-4-9-11;2*1-2/h3-5H,1-2H3;2*1-2H3. The lowest BCUT2D eigenvalue weighted by Crippen LogP contribution is -1.97. The molecule has 0 saturated heterocycles. The number of aromatic nitrogens is 3. The number of rotatable bonds is 0. The molecule has 0 saturated carbocycles. The molecule has 0 unspecified atom stereocenters. The first-order valence-corrected chi connectivity index (χ1v) is 5.55. The van der Waals surface area contributed by atoms with E-state index >= 15 is 0 Å². The Morgan fingerprint density at radius 1 is 1.07 bits per heavy atom. The molecule has 2 heterocycles. The van der Waals surface area contributed by atoms with Crippen LogP contribution in [0.3, 0.4) is 0 Å². The maximum atomic E-state index is 4.20. The summed E-state index contributed by atoms with van der Waals surface area (Å²) in [6.45, 7) is 12.0. The summed E-state index contributed by atoms with van der Waals surface area (Å²) in [4.78, 5) is 0.